The average Bonchev–Trinajstić information content (AvgIpc) is 3.06. The lowest BCUT2D eigenvalue weighted by Crippen LogP contribution is -1.91. The molecule has 0 atom stereocenters. The van der Waals surface area contributed by atoms with Crippen molar-refractivity contribution in [3.63, 3.8) is 0 Å². The normalized spacial score (nSPS) is 9.31. The third-order valence-corrected chi connectivity index (χ3v) is 3.94. The predicted molar refractivity (Wildman–Crippen MR) is 119 cm³/mol. The van der Waals surface area contributed by atoms with E-state index in [-0.39, 0.29) is 0 Å². The molecule has 0 saturated heterocycles. The zero-order valence-corrected chi connectivity index (χ0v) is 17.2. The van der Waals surface area contributed by atoms with E-state index in [1.807, 2.05) is 45.9 Å². The number of aryl methyl sites for hydroxylation is 2. The minimum Gasteiger partial charge on any atom is -0.341 e. The van der Waals surface area contributed by atoms with Crippen LogP contribution in [0.3, 0.4) is 0 Å². The van der Waals surface area contributed by atoms with E-state index >= 15 is 0 Å². The quantitative estimate of drug-likeness (QED) is 0.330. The Morgan fingerprint density at radius 2 is 0.962 bits per heavy atom. The second-order valence-electron chi connectivity index (χ2n) is 5.43. The van der Waals surface area contributed by atoms with Crippen LogP contribution in [0.25, 0.3) is 21.8 Å². The fraction of sp³-hybridized carbons (Fsp3) is 0.280. The van der Waals surface area contributed by atoms with Crippen molar-refractivity contribution in [2.24, 2.45) is 0 Å². The van der Waals surface area contributed by atoms with Gasteiger partial charge < -0.3 is 4.57 Å². The van der Waals surface area contributed by atoms with Gasteiger partial charge in [0.15, 0.2) is 0 Å². The molecule has 26 heavy (non-hydrogen) atoms. The van der Waals surface area contributed by atoms with Crippen molar-refractivity contribution < 1.29 is 0 Å². The molecule has 0 N–H and O–H groups in total. The van der Waals surface area contributed by atoms with Crippen LogP contribution < -0.4 is 0 Å². The lowest BCUT2D eigenvalue weighted by molar-refractivity contribution is 0.827. The Morgan fingerprint density at radius 1 is 0.577 bits per heavy atom. The summed E-state index contributed by atoms with van der Waals surface area (Å²) in [5.41, 5.74) is 3.99. The van der Waals surface area contributed by atoms with E-state index in [0.29, 0.717) is 0 Å². The number of hydrogen-bond donors (Lipinski definition) is 0. The van der Waals surface area contributed by atoms with Gasteiger partial charge in [-0.05, 0) is 26.0 Å². The van der Waals surface area contributed by atoms with Crippen LogP contribution in [0.5, 0.6) is 0 Å². The molecule has 4 rings (SSSR count). The molecule has 0 spiro atoms. The van der Waals surface area contributed by atoms with Gasteiger partial charge in [-0.25, -0.2) is 0 Å². The lowest BCUT2D eigenvalue weighted by atomic mass is 10.2. The Kier molecular flexibility index (Phi) is 9.86. The molecule has 0 amide bonds. The summed E-state index contributed by atoms with van der Waals surface area (Å²) >= 11 is 0. The molecule has 0 unspecified atom stereocenters. The van der Waals surface area contributed by atoms with Crippen LogP contribution in [0, 0.1) is 6.92 Å². The molecule has 0 fully saturated rings. The monoisotopic (exact) mass is 347 g/mol. The molecule has 1 heteroatoms. The largest absolute Gasteiger partial charge is 0.341 e. The topological polar surface area (TPSA) is 4.93 Å². The van der Waals surface area contributed by atoms with Crippen molar-refractivity contribution in [3.8, 4) is 0 Å². The number of rotatable bonds is 1. The van der Waals surface area contributed by atoms with Gasteiger partial charge in [-0.1, -0.05) is 100.0 Å². The van der Waals surface area contributed by atoms with E-state index in [0.717, 1.165) is 6.54 Å². The first kappa shape index (κ1) is 21.5. The summed E-state index contributed by atoms with van der Waals surface area (Å²) in [5.74, 6) is 0. The van der Waals surface area contributed by atoms with Crippen LogP contribution in [0.1, 0.15) is 40.2 Å². The maximum absolute atomic E-state index is 2.37. The van der Waals surface area contributed by atoms with Crippen LogP contribution in [0.2, 0.25) is 0 Å². The SMILES string of the molecule is CC.CC.CCn1c2ccccc2c2ccccc21.Cc1ccccc1. The zero-order chi connectivity index (χ0) is 19.4. The minimum atomic E-state index is 1.02. The van der Waals surface area contributed by atoms with Gasteiger partial charge in [0.2, 0.25) is 0 Å². The van der Waals surface area contributed by atoms with Gasteiger partial charge in [0, 0.05) is 28.4 Å². The highest BCUT2D eigenvalue weighted by Crippen LogP contribution is 2.28. The molecule has 138 valence electrons. The first-order chi connectivity index (χ1) is 12.8. The van der Waals surface area contributed by atoms with Crippen molar-refractivity contribution >= 4 is 21.8 Å². The second kappa shape index (κ2) is 11.9. The summed E-state index contributed by atoms with van der Waals surface area (Å²) in [4.78, 5) is 0. The maximum atomic E-state index is 2.37. The van der Waals surface area contributed by atoms with E-state index < -0.39 is 0 Å². The number of benzene rings is 3. The van der Waals surface area contributed by atoms with Gasteiger partial charge in [-0.3, -0.25) is 0 Å². The molecule has 0 saturated carbocycles. The Balaban J connectivity index is 0.000000260. The summed E-state index contributed by atoms with van der Waals surface area (Å²) in [6.07, 6.45) is 0. The van der Waals surface area contributed by atoms with Crippen LogP contribution >= 0.6 is 0 Å². The van der Waals surface area contributed by atoms with Gasteiger partial charge in [0.1, 0.15) is 0 Å². The molecule has 1 nitrogen and oxygen atoms in total. The first-order valence-corrected chi connectivity index (χ1v) is 9.79. The van der Waals surface area contributed by atoms with E-state index in [1.54, 1.807) is 0 Å². The smallest absolute Gasteiger partial charge is 0.0491 e. The Hall–Kier alpha value is -2.54. The van der Waals surface area contributed by atoms with E-state index in [2.05, 4.69) is 79.1 Å². The predicted octanol–water partition coefficient (Wildman–Crippen LogP) is 7.86. The molecular weight excluding hydrogens is 314 g/mol. The van der Waals surface area contributed by atoms with Crippen molar-refractivity contribution in [1.82, 2.24) is 4.57 Å². The van der Waals surface area contributed by atoms with E-state index in [1.165, 1.54) is 27.4 Å². The molecular formula is C25H33N. The van der Waals surface area contributed by atoms with Crippen LogP contribution in [0.15, 0.2) is 78.9 Å². The maximum Gasteiger partial charge on any atom is 0.0491 e. The second-order valence-corrected chi connectivity index (χ2v) is 5.43. The Morgan fingerprint density at radius 3 is 1.31 bits per heavy atom. The molecule has 0 radical (unpaired) electrons. The third-order valence-electron chi connectivity index (χ3n) is 3.94. The highest BCUT2D eigenvalue weighted by molar-refractivity contribution is 6.07. The summed E-state index contributed by atoms with van der Waals surface area (Å²) in [6.45, 7) is 13.3. The number of hydrogen-bond acceptors (Lipinski definition) is 0. The molecule has 4 aromatic rings. The summed E-state index contributed by atoms with van der Waals surface area (Å²) in [6, 6.07) is 27.5. The Labute approximate surface area is 159 Å². The fourth-order valence-electron chi connectivity index (χ4n) is 2.88. The van der Waals surface area contributed by atoms with E-state index in [9.17, 15) is 0 Å². The van der Waals surface area contributed by atoms with Gasteiger partial charge in [0.25, 0.3) is 0 Å². The molecule has 1 heterocycles. The van der Waals surface area contributed by atoms with Gasteiger partial charge >= 0.3 is 0 Å². The summed E-state index contributed by atoms with van der Waals surface area (Å²) in [5, 5.41) is 2.71. The highest BCUT2D eigenvalue weighted by Gasteiger charge is 2.06. The summed E-state index contributed by atoms with van der Waals surface area (Å²) in [7, 11) is 0. The number of aromatic nitrogens is 1. The number of para-hydroxylation sites is 2. The van der Waals surface area contributed by atoms with Gasteiger partial charge in [-0.15, -0.1) is 0 Å². The average molecular weight is 348 g/mol. The standard InChI is InChI=1S/C14H13N.C7H8.2C2H6/c1-2-15-13-9-5-3-7-11(13)12-8-4-6-10-14(12)15;1-7-5-3-2-4-6-7;2*1-2/h3-10H,2H2,1H3;2-6H,1H3;2*1-2H3. The fourth-order valence-corrected chi connectivity index (χ4v) is 2.88. The van der Waals surface area contributed by atoms with Crippen molar-refractivity contribution in [2.75, 3.05) is 0 Å². The van der Waals surface area contributed by atoms with Gasteiger partial charge in [0.05, 0.1) is 0 Å². The molecule has 0 aliphatic rings. The molecule has 0 aliphatic carbocycles. The molecule has 0 bridgehead atoms. The number of nitrogens with zero attached hydrogens (tertiary/aromatic N) is 1. The van der Waals surface area contributed by atoms with E-state index in [4.69, 9.17) is 0 Å². The van der Waals surface area contributed by atoms with Crippen molar-refractivity contribution in [2.45, 2.75) is 48.1 Å². The highest BCUT2D eigenvalue weighted by atomic mass is 15.0. The summed E-state index contributed by atoms with van der Waals surface area (Å²) < 4.78 is 2.37. The third kappa shape index (κ3) is 5.23. The van der Waals surface area contributed by atoms with Crippen molar-refractivity contribution in [1.29, 1.82) is 0 Å². The Bertz CT molecular complexity index is 819. The lowest BCUT2D eigenvalue weighted by Gasteiger charge is -2.01. The van der Waals surface area contributed by atoms with Crippen LogP contribution in [-0.2, 0) is 6.54 Å². The minimum absolute atomic E-state index is 1.02. The molecule has 0 aliphatic heterocycles. The van der Waals surface area contributed by atoms with Crippen LogP contribution in [-0.4, -0.2) is 4.57 Å². The number of fused-ring (bicyclic) bond motifs is 3. The zero-order valence-electron chi connectivity index (χ0n) is 17.2. The van der Waals surface area contributed by atoms with Gasteiger partial charge in [-0.2, -0.15) is 0 Å². The first-order valence-electron chi connectivity index (χ1n) is 9.79. The molecule has 1 aromatic heterocycles. The molecule has 3 aromatic carbocycles. The van der Waals surface area contributed by atoms with Crippen molar-refractivity contribution in [3.05, 3.63) is 84.4 Å². The van der Waals surface area contributed by atoms with Crippen LogP contribution in [0.4, 0.5) is 0 Å².